The molecular weight excluding hydrogens is 210 g/mol. The average Bonchev–Trinajstić information content (AvgIpc) is 2.56. The van der Waals surface area contributed by atoms with Crippen LogP contribution in [0.15, 0.2) is 17.5 Å². The third-order valence-corrected chi connectivity index (χ3v) is 2.26. The van der Waals surface area contributed by atoms with Crippen LogP contribution in [-0.4, -0.2) is 31.6 Å². The molecule has 3 nitrogen and oxygen atoms in total. The normalized spacial score (nSPS) is 9.40. The van der Waals surface area contributed by atoms with Gasteiger partial charge in [-0.25, -0.2) is 0 Å². The third kappa shape index (κ3) is 9.43. The molecule has 0 aliphatic carbocycles. The Bertz CT molecular complexity index is 258. The molecule has 0 radical (unpaired) electrons. The van der Waals surface area contributed by atoms with E-state index in [0.29, 0.717) is 6.61 Å². The largest absolute Gasteiger partial charge is 0.466 e. The van der Waals surface area contributed by atoms with Crippen LogP contribution in [0.4, 0.5) is 0 Å². The Morgan fingerprint density at radius 2 is 2.20 bits per heavy atom. The van der Waals surface area contributed by atoms with Crippen molar-refractivity contribution in [3.8, 4) is 0 Å². The van der Waals surface area contributed by atoms with Crippen molar-refractivity contribution in [2.45, 2.75) is 20.4 Å². The van der Waals surface area contributed by atoms with Gasteiger partial charge in [-0.15, -0.1) is 11.3 Å². The standard InChI is InChI=1S/C7H11NS.C4H8O2/c1-8(2)6-7-4-3-5-9-7;1-3-6-4(2)5/h3-5H,6H2,1-2H3;3H2,1-2H3. The summed E-state index contributed by atoms with van der Waals surface area (Å²) in [6.45, 7) is 4.72. The van der Waals surface area contributed by atoms with Crippen molar-refractivity contribution < 1.29 is 9.53 Å². The van der Waals surface area contributed by atoms with Crippen LogP contribution in [0.1, 0.15) is 18.7 Å². The van der Waals surface area contributed by atoms with Crippen LogP contribution in [0.5, 0.6) is 0 Å². The van der Waals surface area contributed by atoms with Gasteiger partial charge in [-0.05, 0) is 32.5 Å². The molecule has 0 unspecified atom stereocenters. The Balaban J connectivity index is 0.000000288. The molecule has 0 amide bonds. The van der Waals surface area contributed by atoms with Crippen LogP contribution in [-0.2, 0) is 16.1 Å². The Labute approximate surface area is 95.7 Å². The molecule has 1 aromatic rings. The average molecular weight is 229 g/mol. The number of carbonyl (C=O) groups excluding carboxylic acids is 1. The molecular formula is C11H19NO2S. The van der Waals surface area contributed by atoms with Gasteiger partial charge in [-0.3, -0.25) is 4.79 Å². The smallest absolute Gasteiger partial charge is 0.302 e. The van der Waals surface area contributed by atoms with Gasteiger partial charge in [-0.1, -0.05) is 6.07 Å². The third-order valence-electron chi connectivity index (χ3n) is 1.40. The molecule has 1 rings (SSSR count). The van der Waals surface area contributed by atoms with E-state index in [4.69, 9.17) is 0 Å². The molecule has 0 spiro atoms. The molecule has 86 valence electrons. The zero-order valence-electron chi connectivity index (χ0n) is 9.82. The number of carbonyl (C=O) groups is 1. The van der Waals surface area contributed by atoms with Crippen molar-refractivity contribution in [1.82, 2.24) is 4.90 Å². The van der Waals surface area contributed by atoms with E-state index in [-0.39, 0.29) is 5.97 Å². The van der Waals surface area contributed by atoms with Gasteiger partial charge in [0.05, 0.1) is 6.61 Å². The molecule has 0 bridgehead atoms. The van der Waals surface area contributed by atoms with Gasteiger partial charge in [0, 0.05) is 18.3 Å². The number of ether oxygens (including phenoxy) is 1. The van der Waals surface area contributed by atoms with Crippen molar-refractivity contribution >= 4 is 17.3 Å². The van der Waals surface area contributed by atoms with E-state index in [0.717, 1.165) is 6.54 Å². The van der Waals surface area contributed by atoms with Gasteiger partial charge >= 0.3 is 5.97 Å². The second kappa shape index (κ2) is 8.44. The fourth-order valence-corrected chi connectivity index (χ4v) is 1.74. The van der Waals surface area contributed by atoms with Crippen molar-refractivity contribution in [3.05, 3.63) is 22.4 Å². The minimum Gasteiger partial charge on any atom is -0.466 e. The molecule has 0 aliphatic rings. The lowest BCUT2D eigenvalue weighted by molar-refractivity contribution is -0.140. The van der Waals surface area contributed by atoms with Crippen LogP contribution >= 0.6 is 11.3 Å². The van der Waals surface area contributed by atoms with Crippen molar-refractivity contribution in [3.63, 3.8) is 0 Å². The van der Waals surface area contributed by atoms with Crippen LogP contribution in [0.25, 0.3) is 0 Å². The number of thiophene rings is 1. The lowest BCUT2D eigenvalue weighted by atomic mass is 10.4. The minimum absolute atomic E-state index is 0.211. The van der Waals surface area contributed by atoms with Gasteiger partial charge in [0.15, 0.2) is 0 Å². The molecule has 0 aromatic carbocycles. The maximum atomic E-state index is 9.82. The molecule has 1 aromatic heterocycles. The molecule has 0 atom stereocenters. The molecule has 0 aliphatic heterocycles. The Morgan fingerprint density at radius 3 is 2.47 bits per heavy atom. The minimum atomic E-state index is -0.211. The molecule has 4 heteroatoms. The summed E-state index contributed by atoms with van der Waals surface area (Å²) in [5, 5.41) is 2.11. The SMILES string of the molecule is CCOC(C)=O.CN(C)Cc1cccs1. The molecule has 0 N–H and O–H groups in total. The predicted octanol–water partition coefficient (Wildman–Crippen LogP) is 2.38. The van der Waals surface area contributed by atoms with Crippen molar-refractivity contribution in [1.29, 1.82) is 0 Å². The van der Waals surface area contributed by atoms with E-state index < -0.39 is 0 Å². The Morgan fingerprint density at radius 1 is 1.53 bits per heavy atom. The first-order valence-electron chi connectivity index (χ1n) is 4.86. The van der Waals surface area contributed by atoms with Gasteiger partial charge in [0.2, 0.25) is 0 Å². The summed E-state index contributed by atoms with van der Waals surface area (Å²) in [4.78, 5) is 13.4. The second-order valence-electron chi connectivity index (χ2n) is 3.24. The summed E-state index contributed by atoms with van der Waals surface area (Å²) >= 11 is 1.81. The lowest BCUT2D eigenvalue weighted by Crippen LogP contribution is -2.08. The fourth-order valence-electron chi connectivity index (χ4n) is 0.917. The number of hydrogen-bond donors (Lipinski definition) is 0. The molecule has 15 heavy (non-hydrogen) atoms. The zero-order chi connectivity index (χ0) is 11.7. The first-order valence-corrected chi connectivity index (χ1v) is 5.74. The zero-order valence-corrected chi connectivity index (χ0v) is 10.6. The van der Waals surface area contributed by atoms with E-state index >= 15 is 0 Å². The number of hydrogen-bond acceptors (Lipinski definition) is 4. The maximum absolute atomic E-state index is 9.82. The van der Waals surface area contributed by atoms with E-state index in [1.165, 1.54) is 11.8 Å². The van der Waals surface area contributed by atoms with Crippen LogP contribution < -0.4 is 0 Å². The molecule has 0 saturated heterocycles. The molecule has 1 heterocycles. The second-order valence-corrected chi connectivity index (χ2v) is 4.27. The summed E-state index contributed by atoms with van der Waals surface area (Å²) in [6.07, 6.45) is 0. The monoisotopic (exact) mass is 229 g/mol. The highest BCUT2D eigenvalue weighted by Gasteiger charge is 1.92. The number of esters is 1. The van der Waals surface area contributed by atoms with E-state index in [1.54, 1.807) is 6.92 Å². The number of rotatable bonds is 3. The highest BCUT2D eigenvalue weighted by molar-refractivity contribution is 7.09. The lowest BCUT2D eigenvalue weighted by Gasteiger charge is -2.05. The van der Waals surface area contributed by atoms with Gasteiger partial charge in [0.1, 0.15) is 0 Å². The predicted molar refractivity (Wildman–Crippen MR) is 64.0 cm³/mol. The summed E-state index contributed by atoms with van der Waals surface area (Å²) < 4.78 is 4.40. The van der Waals surface area contributed by atoms with E-state index in [9.17, 15) is 4.79 Å². The summed E-state index contributed by atoms with van der Waals surface area (Å²) in [6, 6.07) is 4.24. The van der Waals surface area contributed by atoms with Crippen LogP contribution in [0.2, 0.25) is 0 Å². The first kappa shape index (κ1) is 14.1. The highest BCUT2D eigenvalue weighted by atomic mass is 32.1. The summed E-state index contributed by atoms with van der Waals surface area (Å²) in [7, 11) is 4.17. The molecule has 0 fully saturated rings. The summed E-state index contributed by atoms with van der Waals surface area (Å²) in [5.41, 5.74) is 0. The number of nitrogens with zero attached hydrogens (tertiary/aromatic N) is 1. The van der Waals surface area contributed by atoms with Crippen molar-refractivity contribution in [2.75, 3.05) is 20.7 Å². The Kier molecular flexibility index (Phi) is 7.95. The Hall–Kier alpha value is -0.870. The topological polar surface area (TPSA) is 29.5 Å². The van der Waals surface area contributed by atoms with Gasteiger partial charge < -0.3 is 9.64 Å². The van der Waals surface area contributed by atoms with E-state index in [2.05, 4.69) is 41.2 Å². The van der Waals surface area contributed by atoms with Gasteiger partial charge in [-0.2, -0.15) is 0 Å². The summed E-state index contributed by atoms with van der Waals surface area (Å²) in [5.74, 6) is -0.211. The van der Waals surface area contributed by atoms with Crippen LogP contribution in [0.3, 0.4) is 0 Å². The van der Waals surface area contributed by atoms with Crippen LogP contribution in [0, 0.1) is 0 Å². The fraction of sp³-hybridized carbons (Fsp3) is 0.545. The highest BCUT2D eigenvalue weighted by Crippen LogP contribution is 2.09. The maximum Gasteiger partial charge on any atom is 0.302 e. The van der Waals surface area contributed by atoms with E-state index in [1.807, 2.05) is 11.3 Å². The van der Waals surface area contributed by atoms with Crippen molar-refractivity contribution in [2.24, 2.45) is 0 Å². The first-order chi connectivity index (χ1) is 7.06. The molecule has 0 saturated carbocycles. The quantitative estimate of drug-likeness (QED) is 0.745. The van der Waals surface area contributed by atoms with Gasteiger partial charge in [0.25, 0.3) is 0 Å².